The van der Waals surface area contributed by atoms with Gasteiger partial charge >= 0.3 is 0 Å². The Morgan fingerprint density at radius 3 is 1.56 bits per heavy atom. The highest BCUT2D eigenvalue weighted by atomic mass is 16.7. The molecule has 8 atom stereocenters. The number of hydrogen-bond donors (Lipinski definition) is 7. The first-order valence-corrected chi connectivity index (χ1v) is 23.0. The van der Waals surface area contributed by atoms with E-state index in [2.05, 4.69) is 55.6 Å². The van der Waals surface area contributed by atoms with Gasteiger partial charge in [-0.2, -0.15) is 0 Å². The number of unbranched alkanes of at least 4 members (excludes halogenated alkanes) is 20. The van der Waals surface area contributed by atoms with Gasteiger partial charge in [0.25, 0.3) is 0 Å². The van der Waals surface area contributed by atoms with Crippen molar-refractivity contribution in [2.24, 2.45) is 0 Å². The normalized spacial score (nSPS) is 22.0. The van der Waals surface area contributed by atoms with Crippen molar-refractivity contribution in [2.45, 2.75) is 230 Å². The summed E-state index contributed by atoms with van der Waals surface area (Å²) in [4.78, 5) is 13.0. The maximum atomic E-state index is 13.0. The predicted octanol–water partition coefficient (Wildman–Crippen LogP) is 8.42. The van der Waals surface area contributed by atoms with Crippen molar-refractivity contribution < 1.29 is 44.9 Å². The van der Waals surface area contributed by atoms with E-state index in [9.17, 15) is 35.4 Å². The third kappa shape index (κ3) is 27.5. The van der Waals surface area contributed by atoms with Gasteiger partial charge in [0.05, 0.1) is 25.4 Å². The zero-order chi connectivity index (χ0) is 41.8. The number of aliphatic hydroxyl groups excluding tert-OH is 6. The summed E-state index contributed by atoms with van der Waals surface area (Å²) < 4.78 is 11.1. The number of carbonyl (C=O) groups excluding carboxylic acids is 1. The second-order valence-electron chi connectivity index (χ2n) is 16.0. The monoisotopic (exact) mass is 808 g/mol. The maximum absolute atomic E-state index is 13.0. The third-order valence-electron chi connectivity index (χ3n) is 10.7. The Kier molecular flexibility index (Phi) is 34.6. The van der Waals surface area contributed by atoms with E-state index in [1.165, 1.54) is 96.3 Å². The van der Waals surface area contributed by atoms with Gasteiger partial charge in [-0.05, 0) is 70.6 Å². The van der Waals surface area contributed by atoms with Gasteiger partial charge in [-0.3, -0.25) is 4.79 Å². The fourth-order valence-electron chi connectivity index (χ4n) is 6.89. The van der Waals surface area contributed by atoms with Gasteiger partial charge < -0.3 is 45.4 Å². The first-order chi connectivity index (χ1) is 27.8. The van der Waals surface area contributed by atoms with Crippen LogP contribution in [0.15, 0.2) is 48.6 Å². The molecule has 8 unspecified atom stereocenters. The largest absolute Gasteiger partial charge is 0.394 e. The standard InChI is InChI=1S/C47H85NO9/c1-3-5-7-9-11-13-15-17-18-19-20-21-22-24-26-28-30-32-34-36-41(51)46(55)48-39(38-56-47-45(54)44(53)43(52)42(37-49)57-47)40(50)35-33-31-29-27-25-23-16-14-12-10-8-6-4-2/h12,14,20-21,25,27,33,35,39-45,47,49-54H,3-11,13,15-19,22-24,26,28-32,34,36-38H2,1-2H3,(H,48,55)/b14-12+,21-20-,27-25+,35-33+. The van der Waals surface area contributed by atoms with Crippen LogP contribution in [0.2, 0.25) is 0 Å². The van der Waals surface area contributed by atoms with Crippen molar-refractivity contribution in [1.82, 2.24) is 5.32 Å². The van der Waals surface area contributed by atoms with Crippen LogP contribution in [0, 0.1) is 0 Å². The smallest absolute Gasteiger partial charge is 0.249 e. The second-order valence-corrected chi connectivity index (χ2v) is 16.0. The van der Waals surface area contributed by atoms with Gasteiger partial charge in [0, 0.05) is 0 Å². The Balaban J connectivity index is 2.43. The van der Waals surface area contributed by atoms with E-state index in [1.54, 1.807) is 6.08 Å². The molecule has 0 aromatic rings. The van der Waals surface area contributed by atoms with Crippen molar-refractivity contribution in [1.29, 1.82) is 0 Å². The molecule has 1 rings (SSSR count). The molecule has 10 nitrogen and oxygen atoms in total. The summed E-state index contributed by atoms with van der Waals surface area (Å²) >= 11 is 0. The lowest BCUT2D eigenvalue weighted by Crippen LogP contribution is -2.60. The van der Waals surface area contributed by atoms with E-state index < -0.39 is 61.5 Å². The summed E-state index contributed by atoms with van der Waals surface area (Å²) in [5.41, 5.74) is 0. The zero-order valence-electron chi connectivity index (χ0n) is 35.9. The molecular weight excluding hydrogens is 723 g/mol. The van der Waals surface area contributed by atoms with E-state index >= 15 is 0 Å². The topological polar surface area (TPSA) is 169 Å². The number of ether oxygens (including phenoxy) is 2. The molecule has 0 bridgehead atoms. The number of aliphatic hydroxyl groups is 6. The van der Waals surface area contributed by atoms with Crippen LogP contribution in [0.25, 0.3) is 0 Å². The van der Waals surface area contributed by atoms with Crippen LogP contribution >= 0.6 is 0 Å². The number of carbonyl (C=O) groups is 1. The fraction of sp³-hybridized carbons (Fsp3) is 0.809. The minimum absolute atomic E-state index is 0.292. The molecule has 57 heavy (non-hydrogen) atoms. The molecule has 1 heterocycles. The van der Waals surface area contributed by atoms with Gasteiger partial charge in [0.2, 0.25) is 5.91 Å². The first-order valence-electron chi connectivity index (χ1n) is 23.0. The van der Waals surface area contributed by atoms with Crippen LogP contribution in [0.3, 0.4) is 0 Å². The molecule has 1 aliphatic heterocycles. The Morgan fingerprint density at radius 2 is 1.04 bits per heavy atom. The van der Waals surface area contributed by atoms with Gasteiger partial charge in [-0.25, -0.2) is 0 Å². The summed E-state index contributed by atoms with van der Waals surface area (Å²) in [5, 5.41) is 64.5. The molecule has 1 aliphatic rings. The van der Waals surface area contributed by atoms with Gasteiger partial charge in [-0.15, -0.1) is 0 Å². The molecule has 1 fully saturated rings. The SMILES string of the molecule is CCCCC/C=C/CC/C=C/CC/C=C/C(O)C(COC1OC(CO)C(O)C(O)C1O)NC(=O)C(O)CCCCCCCC/C=C\CCCCCCCCCCC. The Labute approximate surface area is 346 Å². The fourth-order valence-corrected chi connectivity index (χ4v) is 6.89. The molecule has 0 saturated carbocycles. The van der Waals surface area contributed by atoms with Crippen molar-refractivity contribution in [2.75, 3.05) is 13.2 Å². The van der Waals surface area contributed by atoms with Crippen molar-refractivity contribution in [3.8, 4) is 0 Å². The van der Waals surface area contributed by atoms with Crippen LogP contribution in [-0.2, 0) is 14.3 Å². The first kappa shape index (κ1) is 53.1. The molecule has 7 N–H and O–H groups in total. The van der Waals surface area contributed by atoms with Crippen LogP contribution in [-0.4, -0.2) is 98.7 Å². The molecular formula is C47H85NO9. The van der Waals surface area contributed by atoms with Crippen molar-refractivity contribution in [3.05, 3.63) is 48.6 Å². The van der Waals surface area contributed by atoms with E-state index in [-0.39, 0.29) is 6.61 Å². The number of hydrogen-bond acceptors (Lipinski definition) is 9. The average Bonchev–Trinajstić information content (AvgIpc) is 3.21. The van der Waals surface area contributed by atoms with Crippen LogP contribution in [0.4, 0.5) is 0 Å². The molecule has 0 radical (unpaired) electrons. The Bertz CT molecular complexity index is 1050. The molecule has 0 aromatic carbocycles. The molecule has 0 aromatic heterocycles. The minimum atomic E-state index is -1.62. The quantitative estimate of drug-likeness (QED) is 0.0241. The number of allylic oxidation sites excluding steroid dienone is 7. The average molecular weight is 808 g/mol. The van der Waals surface area contributed by atoms with Gasteiger partial charge in [0.15, 0.2) is 6.29 Å². The second kappa shape index (κ2) is 37.1. The molecule has 0 spiro atoms. The summed E-state index contributed by atoms with van der Waals surface area (Å²) in [6, 6.07) is -1.01. The Hall–Kier alpha value is -1.89. The molecule has 332 valence electrons. The van der Waals surface area contributed by atoms with Crippen LogP contribution in [0.5, 0.6) is 0 Å². The molecule has 1 amide bonds. The lowest BCUT2D eigenvalue weighted by atomic mass is 9.99. The minimum Gasteiger partial charge on any atom is -0.394 e. The van der Waals surface area contributed by atoms with Crippen molar-refractivity contribution in [3.63, 3.8) is 0 Å². The lowest BCUT2D eigenvalue weighted by molar-refractivity contribution is -0.302. The number of nitrogens with one attached hydrogen (secondary N) is 1. The highest BCUT2D eigenvalue weighted by Gasteiger charge is 2.44. The van der Waals surface area contributed by atoms with E-state index in [4.69, 9.17) is 9.47 Å². The number of rotatable bonds is 37. The Morgan fingerprint density at radius 1 is 0.596 bits per heavy atom. The van der Waals surface area contributed by atoms with Crippen LogP contribution in [0.1, 0.15) is 181 Å². The van der Waals surface area contributed by atoms with E-state index in [1.807, 2.05) is 6.08 Å². The maximum Gasteiger partial charge on any atom is 0.249 e. The summed E-state index contributed by atoms with van der Waals surface area (Å²) in [6.45, 7) is 3.53. The van der Waals surface area contributed by atoms with Crippen LogP contribution < -0.4 is 5.32 Å². The highest BCUT2D eigenvalue weighted by molar-refractivity contribution is 5.80. The van der Waals surface area contributed by atoms with Gasteiger partial charge in [0.1, 0.15) is 30.5 Å². The summed E-state index contributed by atoms with van der Waals surface area (Å²) in [6.07, 6.45) is 36.3. The van der Waals surface area contributed by atoms with E-state index in [0.29, 0.717) is 19.3 Å². The highest BCUT2D eigenvalue weighted by Crippen LogP contribution is 2.22. The van der Waals surface area contributed by atoms with Gasteiger partial charge in [-0.1, -0.05) is 159 Å². The molecule has 10 heteroatoms. The predicted molar refractivity (Wildman–Crippen MR) is 232 cm³/mol. The number of amides is 1. The lowest BCUT2D eigenvalue weighted by Gasteiger charge is -2.40. The summed E-state index contributed by atoms with van der Waals surface area (Å²) in [5.74, 6) is -0.638. The van der Waals surface area contributed by atoms with Crippen molar-refractivity contribution >= 4 is 5.91 Å². The zero-order valence-corrected chi connectivity index (χ0v) is 35.9. The molecule has 0 aliphatic carbocycles. The van der Waals surface area contributed by atoms with E-state index in [0.717, 1.165) is 51.4 Å². The molecule has 1 saturated heterocycles. The third-order valence-corrected chi connectivity index (χ3v) is 10.7. The summed E-state index contributed by atoms with van der Waals surface area (Å²) in [7, 11) is 0.